The van der Waals surface area contributed by atoms with Gasteiger partial charge in [0.15, 0.2) is 0 Å². The quantitative estimate of drug-likeness (QED) is 0.665. The molecule has 0 aliphatic carbocycles. The van der Waals surface area contributed by atoms with E-state index in [0.717, 1.165) is 23.2 Å². The maximum Gasteiger partial charge on any atom is 0.253 e. The highest BCUT2D eigenvalue weighted by Gasteiger charge is 2.15. The Kier molecular flexibility index (Phi) is 7.80. The number of rotatable bonds is 9. The van der Waals surface area contributed by atoms with E-state index in [-0.39, 0.29) is 18.3 Å². The van der Waals surface area contributed by atoms with Crippen LogP contribution in [0.15, 0.2) is 42.5 Å². The Morgan fingerprint density at radius 2 is 1.93 bits per heavy atom. The number of anilines is 1. The average molecular weight is 373 g/mol. The molecule has 146 valence electrons. The van der Waals surface area contributed by atoms with E-state index in [1.807, 2.05) is 19.1 Å². The molecule has 0 aliphatic rings. The SMILES string of the molecule is Cc1cc(OCc2cccc(F)c2)ccc1NC(=O)C(C)OCCC(C)C. The second-order valence-electron chi connectivity index (χ2n) is 7.08. The third-order valence-corrected chi connectivity index (χ3v) is 4.18. The number of amides is 1. The fraction of sp³-hybridized carbons (Fsp3) is 0.409. The molecule has 2 aromatic carbocycles. The molecule has 1 unspecified atom stereocenters. The maximum absolute atomic E-state index is 13.2. The molecule has 5 heteroatoms. The van der Waals surface area contributed by atoms with Gasteiger partial charge >= 0.3 is 0 Å². The summed E-state index contributed by atoms with van der Waals surface area (Å²) in [6, 6.07) is 11.7. The van der Waals surface area contributed by atoms with Crippen LogP contribution in [-0.4, -0.2) is 18.6 Å². The lowest BCUT2D eigenvalue weighted by molar-refractivity contribution is -0.126. The third-order valence-electron chi connectivity index (χ3n) is 4.18. The molecule has 0 spiro atoms. The molecule has 0 radical (unpaired) electrons. The van der Waals surface area contributed by atoms with E-state index < -0.39 is 6.10 Å². The Bertz CT molecular complexity index is 761. The van der Waals surface area contributed by atoms with Gasteiger partial charge in [0.25, 0.3) is 5.91 Å². The summed E-state index contributed by atoms with van der Waals surface area (Å²) in [6.45, 7) is 8.74. The highest BCUT2D eigenvalue weighted by Crippen LogP contribution is 2.22. The van der Waals surface area contributed by atoms with Crippen LogP contribution in [0.4, 0.5) is 10.1 Å². The van der Waals surface area contributed by atoms with Crippen LogP contribution in [-0.2, 0) is 16.1 Å². The molecule has 4 nitrogen and oxygen atoms in total. The molecule has 1 atom stereocenters. The van der Waals surface area contributed by atoms with Crippen molar-refractivity contribution in [3.8, 4) is 5.75 Å². The summed E-state index contributed by atoms with van der Waals surface area (Å²) in [7, 11) is 0. The van der Waals surface area contributed by atoms with E-state index in [0.29, 0.717) is 18.3 Å². The molecule has 0 fully saturated rings. The molecule has 0 heterocycles. The van der Waals surface area contributed by atoms with E-state index in [1.165, 1.54) is 12.1 Å². The van der Waals surface area contributed by atoms with Crippen LogP contribution < -0.4 is 10.1 Å². The molecule has 0 bridgehead atoms. The minimum Gasteiger partial charge on any atom is -0.489 e. The third kappa shape index (κ3) is 7.02. The van der Waals surface area contributed by atoms with E-state index in [4.69, 9.17) is 9.47 Å². The van der Waals surface area contributed by atoms with Gasteiger partial charge in [0.1, 0.15) is 24.3 Å². The largest absolute Gasteiger partial charge is 0.489 e. The second-order valence-corrected chi connectivity index (χ2v) is 7.08. The zero-order chi connectivity index (χ0) is 19.8. The van der Waals surface area contributed by atoms with Gasteiger partial charge in [0.2, 0.25) is 0 Å². The number of carbonyl (C=O) groups excluding carboxylic acids is 1. The number of ether oxygens (including phenoxy) is 2. The first-order valence-corrected chi connectivity index (χ1v) is 9.25. The molecule has 0 saturated carbocycles. The maximum atomic E-state index is 13.2. The van der Waals surface area contributed by atoms with E-state index in [1.54, 1.807) is 25.1 Å². The number of benzene rings is 2. The van der Waals surface area contributed by atoms with Crippen LogP contribution in [0, 0.1) is 18.7 Å². The van der Waals surface area contributed by atoms with Gasteiger partial charge in [-0.05, 0) is 67.6 Å². The fourth-order valence-electron chi connectivity index (χ4n) is 2.45. The number of hydrogen-bond donors (Lipinski definition) is 1. The van der Waals surface area contributed by atoms with Crippen molar-refractivity contribution in [3.05, 3.63) is 59.4 Å². The topological polar surface area (TPSA) is 47.6 Å². The van der Waals surface area contributed by atoms with Crippen LogP contribution in [0.1, 0.15) is 38.3 Å². The summed E-state index contributed by atoms with van der Waals surface area (Å²) in [4.78, 5) is 12.3. The highest BCUT2D eigenvalue weighted by molar-refractivity contribution is 5.94. The van der Waals surface area contributed by atoms with Crippen molar-refractivity contribution < 1.29 is 18.7 Å². The summed E-state index contributed by atoms with van der Waals surface area (Å²) < 4.78 is 24.5. The first-order valence-electron chi connectivity index (χ1n) is 9.25. The van der Waals surface area contributed by atoms with Gasteiger partial charge in [-0.25, -0.2) is 4.39 Å². The van der Waals surface area contributed by atoms with Crippen molar-refractivity contribution in [3.63, 3.8) is 0 Å². The minimum absolute atomic E-state index is 0.171. The van der Waals surface area contributed by atoms with Gasteiger partial charge in [-0.1, -0.05) is 26.0 Å². The number of hydrogen-bond acceptors (Lipinski definition) is 3. The Hall–Kier alpha value is -2.40. The average Bonchev–Trinajstić information content (AvgIpc) is 2.61. The minimum atomic E-state index is -0.507. The van der Waals surface area contributed by atoms with Crippen molar-refractivity contribution in [1.82, 2.24) is 0 Å². The van der Waals surface area contributed by atoms with E-state index in [2.05, 4.69) is 19.2 Å². The predicted molar refractivity (Wildman–Crippen MR) is 105 cm³/mol. The number of nitrogens with one attached hydrogen (secondary N) is 1. The van der Waals surface area contributed by atoms with Crippen molar-refractivity contribution in [2.45, 2.75) is 46.8 Å². The van der Waals surface area contributed by atoms with Gasteiger partial charge in [-0.15, -0.1) is 0 Å². The normalized spacial score (nSPS) is 12.1. The summed E-state index contributed by atoms with van der Waals surface area (Å²) in [6.07, 6.45) is 0.417. The lowest BCUT2D eigenvalue weighted by Gasteiger charge is -2.16. The monoisotopic (exact) mass is 373 g/mol. The number of carbonyl (C=O) groups is 1. The molecule has 1 N–H and O–H groups in total. The van der Waals surface area contributed by atoms with Crippen LogP contribution in [0.3, 0.4) is 0 Å². The fourth-order valence-corrected chi connectivity index (χ4v) is 2.45. The lowest BCUT2D eigenvalue weighted by Crippen LogP contribution is -2.28. The summed E-state index contributed by atoms with van der Waals surface area (Å²) in [5.41, 5.74) is 2.37. The van der Waals surface area contributed by atoms with Gasteiger partial charge < -0.3 is 14.8 Å². The summed E-state index contributed by atoms with van der Waals surface area (Å²) in [5.74, 6) is 0.753. The van der Waals surface area contributed by atoms with Crippen LogP contribution in [0.5, 0.6) is 5.75 Å². The zero-order valence-corrected chi connectivity index (χ0v) is 16.4. The Balaban J connectivity index is 1.89. The lowest BCUT2D eigenvalue weighted by atomic mass is 10.1. The Morgan fingerprint density at radius 1 is 1.15 bits per heavy atom. The molecule has 1 amide bonds. The van der Waals surface area contributed by atoms with Crippen LogP contribution in [0.2, 0.25) is 0 Å². The van der Waals surface area contributed by atoms with Gasteiger partial charge in [-0.3, -0.25) is 4.79 Å². The molecular weight excluding hydrogens is 345 g/mol. The van der Waals surface area contributed by atoms with Crippen LogP contribution >= 0.6 is 0 Å². The van der Waals surface area contributed by atoms with Crippen molar-refractivity contribution in [2.24, 2.45) is 5.92 Å². The highest BCUT2D eigenvalue weighted by atomic mass is 19.1. The van der Waals surface area contributed by atoms with Crippen molar-refractivity contribution >= 4 is 11.6 Å². The molecule has 0 aliphatic heterocycles. The molecule has 0 aromatic heterocycles. The first kappa shape index (κ1) is 20.9. The second kappa shape index (κ2) is 10.1. The Morgan fingerprint density at radius 3 is 2.59 bits per heavy atom. The van der Waals surface area contributed by atoms with E-state index >= 15 is 0 Å². The van der Waals surface area contributed by atoms with Crippen LogP contribution in [0.25, 0.3) is 0 Å². The number of halogens is 1. The van der Waals surface area contributed by atoms with Crippen molar-refractivity contribution in [1.29, 1.82) is 0 Å². The smallest absolute Gasteiger partial charge is 0.253 e. The molecule has 0 saturated heterocycles. The zero-order valence-electron chi connectivity index (χ0n) is 16.4. The predicted octanol–water partition coefficient (Wildman–Crippen LogP) is 5.10. The standard InChI is InChI=1S/C22H28FNO3/c1-15(2)10-11-26-17(4)22(25)24-21-9-8-20(12-16(21)3)27-14-18-6-5-7-19(23)13-18/h5-9,12-13,15,17H,10-11,14H2,1-4H3,(H,24,25). The van der Waals surface area contributed by atoms with Gasteiger partial charge in [0.05, 0.1) is 0 Å². The first-order chi connectivity index (χ1) is 12.8. The number of aryl methyl sites for hydroxylation is 1. The molecule has 2 rings (SSSR count). The Labute approximate surface area is 160 Å². The molecule has 2 aromatic rings. The molecule has 27 heavy (non-hydrogen) atoms. The van der Waals surface area contributed by atoms with E-state index in [9.17, 15) is 9.18 Å². The summed E-state index contributed by atoms with van der Waals surface area (Å²) in [5, 5.41) is 2.89. The van der Waals surface area contributed by atoms with Gasteiger partial charge in [-0.2, -0.15) is 0 Å². The van der Waals surface area contributed by atoms with Gasteiger partial charge in [0, 0.05) is 12.3 Å². The molecular formula is C22H28FNO3. The summed E-state index contributed by atoms with van der Waals surface area (Å²) >= 11 is 0. The van der Waals surface area contributed by atoms with Crippen molar-refractivity contribution in [2.75, 3.05) is 11.9 Å².